The summed E-state index contributed by atoms with van der Waals surface area (Å²) in [5.41, 5.74) is 1.43. The second-order valence-corrected chi connectivity index (χ2v) is 8.35. The maximum absolute atomic E-state index is 12.8. The fraction of sp³-hybridized carbons (Fsp3) is 0.333. The van der Waals surface area contributed by atoms with E-state index in [2.05, 4.69) is 27.4 Å². The Morgan fingerprint density at radius 2 is 2.00 bits per heavy atom. The van der Waals surface area contributed by atoms with Gasteiger partial charge in [0, 0.05) is 18.4 Å². The van der Waals surface area contributed by atoms with Crippen LogP contribution in [-0.4, -0.2) is 35.4 Å². The molecule has 0 spiro atoms. The molecule has 0 saturated carbocycles. The minimum Gasteiger partial charge on any atom is -0.468 e. The number of pyridine rings is 1. The number of anilines is 2. The maximum Gasteiger partial charge on any atom is 0.258 e. The van der Waals surface area contributed by atoms with Crippen molar-refractivity contribution in [2.45, 2.75) is 25.8 Å². The van der Waals surface area contributed by atoms with Crippen LogP contribution >= 0.6 is 11.6 Å². The normalized spacial score (nSPS) is 16.1. The van der Waals surface area contributed by atoms with Crippen LogP contribution in [-0.2, 0) is 0 Å². The van der Waals surface area contributed by atoms with Crippen LogP contribution in [0.2, 0.25) is 5.02 Å². The topological polar surface area (TPSA) is 70.4 Å². The molecular formula is C24H27ClN4O2. The van der Waals surface area contributed by atoms with E-state index in [9.17, 15) is 4.79 Å². The number of nitrogens with zero attached hydrogens (tertiary/aromatic N) is 2. The summed E-state index contributed by atoms with van der Waals surface area (Å²) in [6, 6.07) is 15.2. The molecule has 1 fully saturated rings. The molecule has 3 heterocycles. The smallest absolute Gasteiger partial charge is 0.258 e. The van der Waals surface area contributed by atoms with Crippen LogP contribution in [0.1, 0.15) is 41.9 Å². The van der Waals surface area contributed by atoms with E-state index in [4.69, 9.17) is 16.0 Å². The van der Waals surface area contributed by atoms with Gasteiger partial charge in [-0.2, -0.15) is 0 Å². The molecule has 3 aromatic rings. The highest BCUT2D eigenvalue weighted by Crippen LogP contribution is 2.27. The van der Waals surface area contributed by atoms with E-state index in [0.29, 0.717) is 28.4 Å². The van der Waals surface area contributed by atoms with Crippen LogP contribution in [0.5, 0.6) is 0 Å². The predicted molar refractivity (Wildman–Crippen MR) is 124 cm³/mol. The average molecular weight is 439 g/mol. The first-order valence-electron chi connectivity index (χ1n) is 10.6. The second-order valence-electron chi connectivity index (χ2n) is 7.91. The van der Waals surface area contributed by atoms with Crippen molar-refractivity contribution in [2.75, 3.05) is 30.3 Å². The lowest BCUT2D eigenvalue weighted by Crippen LogP contribution is -2.37. The SMILES string of the molecule is C[C@H](c1ccco1)N1CCC(CNc2ccccc2C(=O)Nc2ccc(Cl)cn2)CC1. The number of hydrogen-bond donors (Lipinski definition) is 2. The summed E-state index contributed by atoms with van der Waals surface area (Å²) in [5, 5.41) is 6.85. The molecule has 7 heteroatoms. The van der Waals surface area contributed by atoms with Crippen molar-refractivity contribution < 1.29 is 9.21 Å². The first-order valence-corrected chi connectivity index (χ1v) is 11.0. The van der Waals surface area contributed by atoms with Gasteiger partial charge < -0.3 is 15.1 Å². The van der Waals surface area contributed by atoms with Crippen molar-refractivity contribution >= 4 is 29.0 Å². The molecule has 0 bridgehead atoms. The predicted octanol–water partition coefficient (Wildman–Crippen LogP) is 5.47. The molecule has 1 saturated heterocycles. The Morgan fingerprint density at radius 1 is 1.19 bits per heavy atom. The van der Waals surface area contributed by atoms with Crippen LogP contribution in [0.25, 0.3) is 0 Å². The number of aromatic nitrogens is 1. The molecule has 1 aromatic carbocycles. The monoisotopic (exact) mass is 438 g/mol. The molecule has 2 aromatic heterocycles. The largest absolute Gasteiger partial charge is 0.468 e. The molecule has 1 aliphatic heterocycles. The Labute approximate surface area is 187 Å². The number of furan rings is 1. The van der Waals surface area contributed by atoms with Gasteiger partial charge in [-0.05, 0) is 75.2 Å². The van der Waals surface area contributed by atoms with Gasteiger partial charge in [0.1, 0.15) is 11.6 Å². The van der Waals surface area contributed by atoms with Crippen LogP contribution in [0.3, 0.4) is 0 Å². The van der Waals surface area contributed by atoms with Crippen molar-refractivity contribution in [3.8, 4) is 0 Å². The number of halogens is 1. The van der Waals surface area contributed by atoms with Crippen molar-refractivity contribution in [1.29, 1.82) is 0 Å². The third-order valence-electron chi connectivity index (χ3n) is 5.87. The summed E-state index contributed by atoms with van der Waals surface area (Å²) >= 11 is 5.86. The Kier molecular flexibility index (Phi) is 6.89. The molecule has 1 aliphatic rings. The van der Waals surface area contributed by atoms with Crippen molar-refractivity contribution in [3.63, 3.8) is 0 Å². The summed E-state index contributed by atoms with van der Waals surface area (Å²) in [7, 11) is 0. The molecule has 1 amide bonds. The summed E-state index contributed by atoms with van der Waals surface area (Å²) in [6.07, 6.45) is 5.47. The number of piperidine rings is 1. The number of benzene rings is 1. The lowest BCUT2D eigenvalue weighted by Gasteiger charge is -2.35. The number of hydrogen-bond acceptors (Lipinski definition) is 5. The first kappa shape index (κ1) is 21.4. The quantitative estimate of drug-likeness (QED) is 0.512. The lowest BCUT2D eigenvalue weighted by atomic mass is 9.95. The molecule has 0 aliphatic carbocycles. The number of nitrogens with one attached hydrogen (secondary N) is 2. The van der Waals surface area contributed by atoms with Gasteiger partial charge in [-0.15, -0.1) is 0 Å². The fourth-order valence-electron chi connectivity index (χ4n) is 3.98. The van der Waals surface area contributed by atoms with Gasteiger partial charge in [-0.1, -0.05) is 23.7 Å². The highest BCUT2D eigenvalue weighted by Gasteiger charge is 2.25. The molecular weight excluding hydrogens is 412 g/mol. The maximum atomic E-state index is 12.8. The van der Waals surface area contributed by atoms with E-state index in [0.717, 1.165) is 43.9 Å². The molecule has 31 heavy (non-hydrogen) atoms. The number of carbonyl (C=O) groups excluding carboxylic acids is 1. The van der Waals surface area contributed by atoms with Gasteiger partial charge >= 0.3 is 0 Å². The van der Waals surface area contributed by atoms with E-state index >= 15 is 0 Å². The van der Waals surface area contributed by atoms with Crippen molar-refractivity contribution in [3.05, 3.63) is 77.3 Å². The van der Waals surface area contributed by atoms with E-state index in [1.807, 2.05) is 36.4 Å². The number of amides is 1. The van der Waals surface area contributed by atoms with Crippen molar-refractivity contribution in [2.24, 2.45) is 5.92 Å². The zero-order chi connectivity index (χ0) is 21.6. The molecule has 2 N–H and O–H groups in total. The van der Waals surface area contributed by atoms with Crippen molar-refractivity contribution in [1.82, 2.24) is 9.88 Å². The first-order chi connectivity index (χ1) is 15.1. The number of para-hydroxylation sites is 1. The highest BCUT2D eigenvalue weighted by molar-refractivity contribution is 6.30. The van der Waals surface area contributed by atoms with Crippen LogP contribution in [0.4, 0.5) is 11.5 Å². The zero-order valence-electron chi connectivity index (χ0n) is 17.6. The summed E-state index contributed by atoms with van der Waals surface area (Å²) in [6.45, 7) is 5.12. The molecule has 0 unspecified atom stereocenters. The molecule has 1 atom stereocenters. The van der Waals surface area contributed by atoms with E-state index in [1.165, 1.54) is 6.20 Å². The standard InChI is InChI=1S/C24H27ClN4O2/c1-17(22-7-4-14-31-22)29-12-10-18(11-13-29)15-26-21-6-3-2-5-20(21)24(30)28-23-9-8-19(25)16-27-23/h2-9,14,16-18,26H,10-13,15H2,1H3,(H,27,28,30)/t17-/m1/s1. The summed E-state index contributed by atoms with van der Waals surface area (Å²) in [5.74, 6) is 1.86. The molecule has 6 nitrogen and oxygen atoms in total. The lowest BCUT2D eigenvalue weighted by molar-refractivity contribution is 0.102. The molecule has 4 rings (SSSR count). The highest BCUT2D eigenvalue weighted by atomic mass is 35.5. The molecule has 0 radical (unpaired) electrons. The van der Waals surface area contributed by atoms with Gasteiger partial charge in [0.2, 0.25) is 0 Å². The Morgan fingerprint density at radius 3 is 2.71 bits per heavy atom. The number of carbonyl (C=O) groups is 1. The number of rotatable bonds is 7. The van der Waals surface area contributed by atoms with E-state index in [-0.39, 0.29) is 5.91 Å². The van der Waals surface area contributed by atoms with E-state index < -0.39 is 0 Å². The summed E-state index contributed by atoms with van der Waals surface area (Å²) in [4.78, 5) is 19.4. The van der Waals surface area contributed by atoms with Crippen LogP contribution < -0.4 is 10.6 Å². The van der Waals surface area contributed by atoms with Gasteiger partial charge in [-0.25, -0.2) is 4.98 Å². The van der Waals surface area contributed by atoms with E-state index in [1.54, 1.807) is 18.4 Å². The number of likely N-dealkylation sites (tertiary alicyclic amines) is 1. The Bertz CT molecular complexity index is 983. The Balaban J connectivity index is 1.31. The fourth-order valence-corrected chi connectivity index (χ4v) is 4.09. The Hall–Kier alpha value is -2.83. The van der Waals surface area contributed by atoms with Crippen LogP contribution in [0, 0.1) is 5.92 Å². The molecule has 162 valence electrons. The van der Waals surface area contributed by atoms with Gasteiger partial charge in [0.25, 0.3) is 5.91 Å². The third-order valence-corrected chi connectivity index (χ3v) is 6.10. The third kappa shape index (κ3) is 5.46. The second kappa shape index (κ2) is 9.98. The van der Waals surface area contributed by atoms with Gasteiger partial charge in [0.15, 0.2) is 0 Å². The van der Waals surface area contributed by atoms with Gasteiger partial charge in [0.05, 0.1) is 22.9 Å². The average Bonchev–Trinajstić information content (AvgIpc) is 3.34. The minimum absolute atomic E-state index is 0.194. The zero-order valence-corrected chi connectivity index (χ0v) is 18.3. The van der Waals surface area contributed by atoms with Gasteiger partial charge in [-0.3, -0.25) is 9.69 Å². The summed E-state index contributed by atoms with van der Waals surface area (Å²) < 4.78 is 5.56. The minimum atomic E-state index is -0.194. The van der Waals surface area contributed by atoms with Crippen LogP contribution in [0.15, 0.2) is 65.4 Å².